The van der Waals surface area contributed by atoms with Crippen LogP contribution in [0.4, 0.5) is 4.39 Å². The minimum atomic E-state index is -0.267. The molecule has 1 N–H and O–H groups in total. The van der Waals surface area contributed by atoms with E-state index in [0.717, 1.165) is 17.4 Å². The van der Waals surface area contributed by atoms with Crippen LogP contribution in [0, 0.1) is 5.82 Å². The number of benzene rings is 1. The molecular weight excluding hydrogens is 193 g/mol. The molecule has 2 nitrogen and oxygen atoms in total. The van der Waals surface area contributed by atoms with Crippen molar-refractivity contribution in [1.29, 1.82) is 0 Å². The number of halogens is 1. The molecule has 1 aromatic heterocycles. The Morgan fingerprint density at radius 1 is 1.40 bits per heavy atom. The van der Waals surface area contributed by atoms with Crippen molar-refractivity contribution in [2.24, 2.45) is 0 Å². The molecule has 0 aliphatic rings. The molecule has 1 heterocycles. The maximum atomic E-state index is 13.2. The molecule has 2 rings (SSSR count). The van der Waals surface area contributed by atoms with E-state index < -0.39 is 0 Å². The number of aromatic amines is 1. The number of Topliss-reactive ketones (excluding diaryl/α,β-unsaturated/α-hetero) is 1. The second-order valence-electron chi connectivity index (χ2n) is 3.62. The lowest BCUT2D eigenvalue weighted by molar-refractivity contribution is 0.101. The van der Waals surface area contributed by atoms with Crippen molar-refractivity contribution in [1.82, 2.24) is 4.98 Å². The Morgan fingerprint density at radius 3 is 2.73 bits per heavy atom. The van der Waals surface area contributed by atoms with Gasteiger partial charge in [-0.15, -0.1) is 0 Å². The third-order valence-electron chi connectivity index (χ3n) is 2.55. The highest BCUT2D eigenvalue weighted by molar-refractivity contribution is 5.98. The largest absolute Gasteiger partial charge is 0.352 e. The number of hydrogen-bond acceptors (Lipinski definition) is 1. The second-order valence-corrected chi connectivity index (χ2v) is 3.62. The van der Waals surface area contributed by atoms with Crippen molar-refractivity contribution in [2.75, 3.05) is 0 Å². The molecule has 0 saturated carbocycles. The first-order valence-electron chi connectivity index (χ1n) is 4.94. The minimum absolute atomic E-state index is 0.0336. The average Bonchev–Trinajstić information content (AvgIpc) is 2.59. The van der Waals surface area contributed by atoms with Crippen molar-refractivity contribution in [3.05, 3.63) is 35.3 Å². The molecule has 0 atom stereocenters. The van der Waals surface area contributed by atoms with Gasteiger partial charge in [0.25, 0.3) is 0 Å². The molecule has 2 aromatic rings. The van der Waals surface area contributed by atoms with Gasteiger partial charge in [0.15, 0.2) is 5.78 Å². The van der Waals surface area contributed by atoms with Crippen LogP contribution in [-0.4, -0.2) is 10.8 Å². The fraction of sp³-hybridized carbons (Fsp3) is 0.250. The highest BCUT2D eigenvalue weighted by atomic mass is 19.1. The quantitative estimate of drug-likeness (QED) is 0.751. The number of ketones is 1. The lowest BCUT2D eigenvalue weighted by Gasteiger charge is -1.98. The monoisotopic (exact) mass is 205 g/mol. The van der Waals surface area contributed by atoms with E-state index in [0.29, 0.717) is 11.2 Å². The van der Waals surface area contributed by atoms with Crippen molar-refractivity contribution in [3.63, 3.8) is 0 Å². The van der Waals surface area contributed by atoms with Crippen LogP contribution in [0.5, 0.6) is 0 Å². The van der Waals surface area contributed by atoms with Gasteiger partial charge in [-0.25, -0.2) is 4.39 Å². The van der Waals surface area contributed by atoms with Crippen LogP contribution in [0.25, 0.3) is 10.9 Å². The summed E-state index contributed by atoms with van der Waals surface area (Å²) in [5.41, 5.74) is 2.15. The van der Waals surface area contributed by atoms with E-state index in [4.69, 9.17) is 0 Å². The number of rotatable bonds is 2. The predicted molar refractivity (Wildman–Crippen MR) is 57.6 cm³/mol. The molecule has 78 valence electrons. The first kappa shape index (κ1) is 9.90. The fourth-order valence-corrected chi connectivity index (χ4v) is 1.76. The molecule has 0 bridgehead atoms. The minimum Gasteiger partial charge on any atom is -0.352 e. The zero-order chi connectivity index (χ0) is 11.0. The second kappa shape index (κ2) is 3.50. The summed E-state index contributed by atoms with van der Waals surface area (Å²) in [6, 6.07) is 4.72. The summed E-state index contributed by atoms with van der Waals surface area (Å²) in [4.78, 5) is 14.1. The molecule has 0 saturated heterocycles. The van der Waals surface area contributed by atoms with Gasteiger partial charge in [0, 0.05) is 17.8 Å². The van der Waals surface area contributed by atoms with Crippen LogP contribution in [0.1, 0.15) is 29.9 Å². The SMILES string of the molecule is CCc1cc(F)cc2[nH]c(C(C)=O)cc12. The number of nitrogens with one attached hydrogen (secondary N) is 1. The lowest BCUT2D eigenvalue weighted by Crippen LogP contribution is -1.89. The summed E-state index contributed by atoms with van der Waals surface area (Å²) in [5, 5.41) is 0.934. The summed E-state index contributed by atoms with van der Waals surface area (Å²) in [7, 11) is 0. The number of aryl methyl sites for hydroxylation is 1. The molecule has 0 amide bonds. The van der Waals surface area contributed by atoms with Gasteiger partial charge in [-0.2, -0.15) is 0 Å². The van der Waals surface area contributed by atoms with Gasteiger partial charge in [0.2, 0.25) is 0 Å². The van der Waals surface area contributed by atoms with E-state index >= 15 is 0 Å². The molecule has 0 fully saturated rings. The van der Waals surface area contributed by atoms with E-state index in [1.807, 2.05) is 6.92 Å². The number of carbonyl (C=O) groups is 1. The molecule has 15 heavy (non-hydrogen) atoms. The Morgan fingerprint density at radius 2 is 2.13 bits per heavy atom. The van der Waals surface area contributed by atoms with Crippen molar-refractivity contribution < 1.29 is 9.18 Å². The van der Waals surface area contributed by atoms with E-state index in [-0.39, 0.29) is 11.6 Å². The highest BCUT2D eigenvalue weighted by Gasteiger charge is 2.09. The van der Waals surface area contributed by atoms with Crippen LogP contribution in [0.3, 0.4) is 0 Å². The van der Waals surface area contributed by atoms with Gasteiger partial charge < -0.3 is 4.98 Å². The molecule has 0 aliphatic carbocycles. The summed E-state index contributed by atoms with van der Waals surface area (Å²) < 4.78 is 13.2. The Kier molecular flexibility index (Phi) is 2.31. The highest BCUT2D eigenvalue weighted by Crippen LogP contribution is 2.22. The van der Waals surface area contributed by atoms with Gasteiger partial charge in [-0.05, 0) is 30.2 Å². The Labute approximate surface area is 87.1 Å². The smallest absolute Gasteiger partial charge is 0.175 e. The standard InChI is InChI=1S/C12H12FNO/c1-3-8-4-9(13)5-12-10(8)6-11(14-12)7(2)15/h4-6,14H,3H2,1-2H3. The Hall–Kier alpha value is -1.64. The summed E-state index contributed by atoms with van der Waals surface area (Å²) in [6.07, 6.45) is 0.753. The van der Waals surface area contributed by atoms with Gasteiger partial charge in [-0.3, -0.25) is 4.79 Å². The average molecular weight is 205 g/mol. The number of carbonyl (C=O) groups excluding carboxylic acids is 1. The van der Waals surface area contributed by atoms with E-state index in [1.54, 1.807) is 6.07 Å². The molecule has 0 radical (unpaired) electrons. The van der Waals surface area contributed by atoms with Gasteiger partial charge in [0.05, 0.1) is 5.69 Å². The predicted octanol–water partition coefficient (Wildman–Crippen LogP) is 3.07. The van der Waals surface area contributed by atoms with Gasteiger partial charge >= 0.3 is 0 Å². The normalized spacial score (nSPS) is 10.9. The topological polar surface area (TPSA) is 32.9 Å². The molecule has 3 heteroatoms. The van der Waals surface area contributed by atoms with Crippen molar-refractivity contribution in [2.45, 2.75) is 20.3 Å². The van der Waals surface area contributed by atoms with E-state index in [2.05, 4.69) is 4.98 Å². The molecule has 0 spiro atoms. The zero-order valence-corrected chi connectivity index (χ0v) is 8.73. The Bertz CT molecular complexity index is 528. The van der Waals surface area contributed by atoms with Gasteiger partial charge in [0.1, 0.15) is 5.82 Å². The van der Waals surface area contributed by atoms with Crippen molar-refractivity contribution in [3.8, 4) is 0 Å². The van der Waals surface area contributed by atoms with Crippen LogP contribution in [0.15, 0.2) is 18.2 Å². The fourth-order valence-electron chi connectivity index (χ4n) is 1.76. The third-order valence-corrected chi connectivity index (χ3v) is 2.55. The maximum absolute atomic E-state index is 13.2. The third kappa shape index (κ3) is 1.65. The van der Waals surface area contributed by atoms with E-state index in [9.17, 15) is 9.18 Å². The number of H-pyrrole nitrogens is 1. The van der Waals surface area contributed by atoms with E-state index in [1.165, 1.54) is 19.1 Å². The summed E-state index contributed by atoms with van der Waals surface area (Å²) in [6.45, 7) is 3.46. The molecule has 1 aromatic carbocycles. The first-order chi connectivity index (χ1) is 7.11. The number of fused-ring (bicyclic) bond motifs is 1. The van der Waals surface area contributed by atoms with Crippen LogP contribution < -0.4 is 0 Å². The number of hydrogen-bond donors (Lipinski definition) is 1. The molecule has 0 aliphatic heterocycles. The van der Waals surface area contributed by atoms with Crippen LogP contribution in [0.2, 0.25) is 0 Å². The molecular formula is C12H12FNO. The Balaban J connectivity index is 2.74. The summed E-state index contributed by atoms with van der Waals surface area (Å²) in [5.74, 6) is -0.301. The lowest BCUT2D eigenvalue weighted by atomic mass is 10.1. The van der Waals surface area contributed by atoms with Crippen molar-refractivity contribution >= 4 is 16.7 Å². The van der Waals surface area contributed by atoms with Crippen LogP contribution in [-0.2, 0) is 6.42 Å². The number of aromatic nitrogens is 1. The first-order valence-corrected chi connectivity index (χ1v) is 4.94. The maximum Gasteiger partial charge on any atom is 0.175 e. The van der Waals surface area contributed by atoms with Crippen LogP contribution >= 0.6 is 0 Å². The summed E-state index contributed by atoms with van der Waals surface area (Å²) >= 11 is 0. The zero-order valence-electron chi connectivity index (χ0n) is 8.73. The molecule has 0 unspecified atom stereocenters. The van der Waals surface area contributed by atoms with Gasteiger partial charge in [-0.1, -0.05) is 6.92 Å².